The Balaban J connectivity index is 2.42. The third-order valence-corrected chi connectivity index (χ3v) is 2.75. The molecule has 0 aromatic heterocycles. The van der Waals surface area contributed by atoms with Gasteiger partial charge in [0.1, 0.15) is 0 Å². The number of halogens is 3. The van der Waals surface area contributed by atoms with Crippen LogP contribution in [-0.2, 0) is 4.79 Å². The molecule has 0 heterocycles. The molecule has 1 amide bonds. The first-order chi connectivity index (χ1) is 9.90. The quantitative estimate of drug-likeness (QED) is 0.774. The van der Waals surface area contributed by atoms with E-state index in [0.29, 0.717) is 5.69 Å². The van der Waals surface area contributed by atoms with Gasteiger partial charge in [-0.3, -0.25) is 9.69 Å². The summed E-state index contributed by atoms with van der Waals surface area (Å²) in [6, 6.07) is 8.73. The Kier molecular flexibility index (Phi) is 7.18. The molecular formula is C14H19F3N2O2. The van der Waals surface area contributed by atoms with Gasteiger partial charge in [0.05, 0.1) is 6.54 Å². The van der Waals surface area contributed by atoms with Crippen LogP contribution in [0.25, 0.3) is 0 Å². The van der Waals surface area contributed by atoms with Gasteiger partial charge in [0.25, 0.3) is 0 Å². The van der Waals surface area contributed by atoms with Crippen molar-refractivity contribution in [3.05, 3.63) is 30.3 Å². The SMILES string of the molecule is O=C(CCN(CCCO)CC(F)(F)F)Nc1ccccc1. The zero-order chi connectivity index (χ0) is 15.7. The van der Waals surface area contributed by atoms with Gasteiger partial charge >= 0.3 is 6.18 Å². The number of hydrogen-bond donors (Lipinski definition) is 2. The molecule has 0 saturated carbocycles. The van der Waals surface area contributed by atoms with Crippen LogP contribution in [0.2, 0.25) is 0 Å². The number of rotatable bonds is 8. The molecule has 1 aromatic rings. The zero-order valence-corrected chi connectivity index (χ0v) is 11.6. The molecule has 1 rings (SSSR count). The number of aliphatic hydroxyl groups excluding tert-OH is 1. The molecule has 0 aliphatic rings. The summed E-state index contributed by atoms with van der Waals surface area (Å²) in [6.07, 6.45) is -4.10. The Morgan fingerprint density at radius 1 is 1.19 bits per heavy atom. The second-order valence-corrected chi connectivity index (χ2v) is 4.63. The fourth-order valence-corrected chi connectivity index (χ4v) is 1.82. The molecule has 4 nitrogen and oxygen atoms in total. The molecule has 0 unspecified atom stereocenters. The molecule has 21 heavy (non-hydrogen) atoms. The third-order valence-electron chi connectivity index (χ3n) is 2.75. The first kappa shape index (κ1) is 17.5. The average molecular weight is 304 g/mol. The highest BCUT2D eigenvalue weighted by Crippen LogP contribution is 2.17. The van der Waals surface area contributed by atoms with E-state index in [4.69, 9.17) is 5.11 Å². The molecule has 0 saturated heterocycles. The smallest absolute Gasteiger partial charge is 0.396 e. The van der Waals surface area contributed by atoms with E-state index < -0.39 is 12.7 Å². The number of carbonyl (C=O) groups excluding carboxylic acids is 1. The number of alkyl halides is 3. The van der Waals surface area contributed by atoms with Crippen molar-refractivity contribution in [3.63, 3.8) is 0 Å². The van der Waals surface area contributed by atoms with Crippen LogP contribution in [0.15, 0.2) is 30.3 Å². The van der Waals surface area contributed by atoms with Gasteiger partial charge in [-0.15, -0.1) is 0 Å². The summed E-state index contributed by atoms with van der Waals surface area (Å²) in [5, 5.41) is 11.3. The van der Waals surface area contributed by atoms with E-state index >= 15 is 0 Å². The number of para-hydroxylation sites is 1. The zero-order valence-electron chi connectivity index (χ0n) is 11.6. The normalized spacial score (nSPS) is 11.7. The standard InChI is InChI=1S/C14H19F3N2O2/c15-14(16,17)11-19(8-4-10-20)9-7-13(21)18-12-5-2-1-3-6-12/h1-3,5-6,20H,4,7-11H2,(H,18,21). The van der Waals surface area contributed by atoms with Crippen molar-refractivity contribution >= 4 is 11.6 Å². The molecule has 1 aromatic carbocycles. The summed E-state index contributed by atoms with van der Waals surface area (Å²) in [7, 11) is 0. The van der Waals surface area contributed by atoms with Crippen LogP contribution in [0.3, 0.4) is 0 Å². The van der Waals surface area contributed by atoms with Crippen LogP contribution in [0, 0.1) is 0 Å². The highest BCUT2D eigenvalue weighted by molar-refractivity contribution is 5.90. The van der Waals surface area contributed by atoms with Crippen molar-refractivity contribution in [2.45, 2.75) is 19.0 Å². The van der Waals surface area contributed by atoms with E-state index in [1.54, 1.807) is 30.3 Å². The lowest BCUT2D eigenvalue weighted by atomic mass is 10.3. The number of nitrogens with one attached hydrogen (secondary N) is 1. The largest absolute Gasteiger partial charge is 0.401 e. The van der Waals surface area contributed by atoms with E-state index in [1.165, 1.54) is 0 Å². The molecule has 0 atom stereocenters. The molecule has 7 heteroatoms. The van der Waals surface area contributed by atoms with Crippen LogP contribution < -0.4 is 5.32 Å². The van der Waals surface area contributed by atoms with Gasteiger partial charge in [-0.05, 0) is 18.6 Å². The molecule has 0 aliphatic carbocycles. The summed E-state index contributed by atoms with van der Waals surface area (Å²) in [5.74, 6) is -0.336. The minimum atomic E-state index is -4.31. The lowest BCUT2D eigenvalue weighted by Crippen LogP contribution is -2.37. The van der Waals surface area contributed by atoms with Gasteiger partial charge in [-0.25, -0.2) is 0 Å². The average Bonchev–Trinajstić information content (AvgIpc) is 2.41. The van der Waals surface area contributed by atoms with Crippen molar-refractivity contribution in [2.24, 2.45) is 0 Å². The minimum Gasteiger partial charge on any atom is -0.396 e. The molecule has 0 fully saturated rings. The van der Waals surface area contributed by atoms with Gasteiger partial charge in [-0.2, -0.15) is 13.2 Å². The number of benzene rings is 1. The Morgan fingerprint density at radius 2 is 1.86 bits per heavy atom. The molecule has 0 bridgehead atoms. The fraction of sp³-hybridized carbons (Fsp3) is 0.500. The predicted octanol–water partition coefficient (Wildman–Crippen LogP) is 2.26. The number of carbonyl (C=O) groups is 1. The fourth-order valence-electron chi connectivity index (χ4n) is 1.82. The van der Waals surface area contributed by atoms with Crippen molar-refractivity contribution in [1.29, 1.82) is 0 Å². The van der Waals surface area contributed by atoms with E-state index in [9.17, 15) is 18.0 Å². The van der Waals surface area contributed by atoms with Crippen molar-refractivity contribution in [3.8, 4) is 0 Å². The maximum atomic E-state index is 12.4. The first-order valence-electron chi connectivity index (χ1n) is 6.65. The summed E-state index contributed by atoms with van der Waals surface area (Å²) in [4.78, 5) is 12.8. The van der Waals surface area contributed by atoms with Crippen molar-refractivity contribution in [2.75, 3.05) is 31.6 Å². The Morgan fingerprint density at radius 3 is 2.43 bits per heavy atom. The summed E-state index contributed by atoms with van der Waals surface area (Å²) < 4.78 is 37.2. The van der Waals surface area contributed by atoms with Gasteiger partial charge in [-0.1, -0.05) is 18.2 Å². The van der Waals surface area contributed by atoms with Crippen LogP contribution in [-0.4, -0.2) is 48.3 Å². The highest BCUT2D eigenvalue weighted by atomic mass is 19.4. The van der Waals surface area contributed by atoms with Crippen LogP contribution in [0.1, 0.15) is 12.8 Å². The molecule has 0 radical (unpaired) electrons. The topological polar surface area (TPSA) is 52.6 Å². The van der Waals surface area contributed by atoms with Crippen molar-refractivity contribution < 1.29 is 23.1 Å². The van der Waals surface area contributed by atoms with Crippen LogP contribution >= 0.6 is 0 Å². The monoisotopic (exact) mass is 304 g/mol. The summed E-state index contributed by atoms with van der Waals surface area (Å²) in [6.45, 7) is -1.15. The summed E-state index contributed by atoms with van der Waals surface area (Å²) in [5.41, 5.74) is 0.611. The van der Waals surface area contributed by atoms with E-state index in [2.05, 4.69) is 5.32 Å². The van der Waals surface area contributed by atoms with Crippen LogP contribution in [0.4, 0.5) is 18.9 Å². The van der Waals surface area contributed by atoms with E-state index in [-0.39, 0.29) is 38.4 Å². The lowest BCUT2D eigenvalue weighted by Gasteiger charge is -2.23. The van der Waals surface area contributed by atoms with E-state index in [1.807, 2.05) is 0 Å². The maximum Gasteiger partial charge on any atom is 0.401 e. The molecule has 2 N–H and O–H groups in total. The maximum absolute atomic E-state index is 12.4. The molecular weight excluding hydrogens is 285 g/mol. The highest BCUT2D eigenvalue weighted by Gasteiger charge is 2.30. The predicted molar refractivity (Wildman–Crippen MR) is 73.9 cm³/mol. The Bertz CT molecular complexity index is 424. The number of nitrogens with zero attached hydrogens (tertiary/aromatic N) is 1. The third kappa shape index (κ3) is 8.31. The van der Waals surface area contributed by atoms with Gasteiger partial charge in [0.15, 0.2) is 0 Å². The number of hydrogen-bond acceptors (Lipinski definition) is 3. The second kappa shape index (κ2) is 8.63. The molecule has 118 valence electrons. The number of amides is 1. The lowest BCUT2D eigenvalue weighted by molar-refractivity contribution is -0.147. The number of aliphatic hydroxyl groups is 1. The minimum absolute atomic E-state index is 0.00181. The van der Waals surface area contributed by atoms with Crippen LogP contribution in [0.5, 0.6) is 0 Å². The molecule has 0 aliphatic heterocycles. The van der Waals surface area contributed by atoms with Crippen molar-refractivity contribution in [1.82, 2.24) is 4.90 Å². The number of anilines is 1. The first-order valence-corrected chi connectivity index (χ1v) is 6.65. The molecule has 0 spiro atoms. The Hall–Kier alpha value is -1.60. The van der Waals surface area contributed by atoms with E-state index in [0.717, 1.165) is 4.90 Å². The Labute approximate surface area is 121 Å². The van der Waals surface area contributed by atoms with Gasteiger partial charge in [0, 0.05) is 31.8 Å². The second-order valence-electron chi connectivity index (χ2n) is 4.63. The summed E-state index contributed by atoms with van der Waals surface area (Å²) >= 11 is 0. The van der Waals surface area contributed by atoms with Gasteiger partial charge < -0.3 is 10.4 Å². The van der Waals surface area contributed by atoms with Gasteiger partial charge in [0.2, 0.25) is 5.91 Å².